The highest BCUT2D eigenvalue weighted by Crippen LogP contribution is 2.59. The van der Waals surface area contributed by atoms with Gasteiger partial charge in [-0.2, -0.15) is 0 Å². The normalized spacial score (nSPS) is 31.7. The van der Waals surface area contributed by atoms with Gasteiger partial charge in [0.05, 0.1) is 19.3 Å². The van der Waals surface area contributed by atoms with Crippen molar-refractivity contribution in [3.05, 3.63) is 35.9 Å². The number of hydrogen-bond donors (Lipinski definition) is 1. The first-order valence-electron chi connectivity index (χ1n) is 10.8. The predicted octanol–water partition coefficient (Wildman–Crippen LogP) is 4.51. The van der Waals surface area contributed by atoms with Crippen LogP contribution in [0.3, 0.4) is 0 Å². The van der Waals surface area contributed by atoms with E-state index in [9.17, 15) is 5.11 Å². The van der Waals surface area contributed by atoms with Crippen molar-refractivity contribution in [2.24, 2.45) is 17.8 Å². The second-order valence-corrected chi connectivity index (χ2v) is 15.0. The molecular formula is C24H34O4Si. The SMILES string of the molecule is CC(C)(C)[Si](C)(C)OC(C#CC1CC2C(CC23OCCO3)C1O)c1ccccc1. The highest BCUT2D eigenvalue weighted by atomic mass is 28.4. The third kappa shape index (κ3) is 3.82. The van der Waals surface area contributed by atoms with Gasteiger partial charge in [-0.3, -0.25) is 0 Å². The Morgan fingerprint density at radius 2 is 1.83 bits per heavy atom. The van der Waals surface area contributed by atoms with Crippen LogP contribution in [0.1, 0.15) is 45.3 Å². The fourth-order valence-electron chi connectivity index (χ4n) is 4.62. The minimum atomic E-state index is -1.99. The molecule has 2 aliphatic carbocycles. The highest BCUT2D eigenvalue weighted by molar-refractivity contribution is 6.74. The summed E-state index contributed by atoms with van der Waals surface area (Å²) in [5, 5.41) is 10.9. The molecule has 1 aromatic rings. The molecule has 1 heterocycles. The van der Waals surface area contributed by atoms with Crippen molar-refractivity contribution in [2.45, 2.75) is 69.7 Å². The van der Waals surface area contributed by atoms with Gasteiger partial charge in [0.15, 0.2) is 14.1 Å². The van der Waals surface area contributed by atoms with Gasteiger partial charge >= 0.3 is 0 Å². The van der Waals surface area contributed by atoms with Gasteiger partial charge in [0.25, 0.3) is 0 Å². The first-order valence-corrected chi connectivity index (χ1v) is 13.7. The molecule has 1 saturated heterocycles. The standard InChI is InChI=1S/C24H34O4Si/c1-23(2,3)29(4,5)28-21(17-9-7-6-8-10-17)12-11-18-15-20-19(22(18)25)16-24(20)26-13-14-27-24/h6-10,18-22,25H,13-16H2,1-5H3. The Labute approximate surface area is 176 Å². The van der Waals surface area contributed by atoms with Crippen LogP contribution in [0.25, 0.3) is 0 Å². The van der Waals surface area contributed by atoms with E-state index in [1.54, 1.807) is 0 Å². The molecule has 3 fully saturated rings. The molecule has 4 nitrogen and oxygen atoms in total. The second-order valence-electron chi connectivity index (χ2n) is 10.3. The van der Waals surface area contributed by atoms with Gasteiger partial charge in [-0.05, 0) is 36.0 Å². The van der Waals surface area contributed by atoms with E-state index in [4.69, 9.17) is 13.9 Å². The number of aliphatic hydroxyl groups excluding tert-OH is 1. The maximum atomic E-state index is 10.8. The maximum Gasteiger partial charge on any atom is 0.194 e. The summed E-state index contributed by atoms with van der Waals surface area (Å²) >= 11 is 0. The minimum Gasteiger partial charge on any atom is -0.399 e. The topological polar surface area (TPSA) is 47.9 Å². The quantitative estimate of drug-likeness (QED) is 0.584. The summed E-state index contributed by atoms with van der Waals surface area (Å²) in [5.41, 5.74) is 1.08. The van der Waals surface area contributed by atoms with Crippen molar-refractivity contribution < 1.29 is 19.0 Å². The van der Waals surface area contributed by atoms with Crippen molar-refractivity contribution >= 4 is 8.32 Å². The van der Waals surface area contributed by atoms with Crippen LogP contribution in [0.5, 0.6) is 0 Å². The fourth-order valence-corrected chi connectivity index (χ4v) is 5.76. The van der Waals surface area contributed by atoms with E-state index in [0.717, 1.165) is 18.4 Å². The van der Waals surface area contributed by atoms with Gasteiger partial charge in [-0.1, -0.05) is 62.9 Å². The Morgan fingerprint density at radius 1 is 1.17 bits per heavy atom. The van der Waals surface area contributed by atoms with E-state index >= 15 is 0 Å². The Balaban J connectivity index is 1.54. The first kappa shape index (κ1) is 21.1. The van der Waals surface area contributed by atoms with Crippen molar-refractivity contribution in [3.8, 4) is 11.8 Å². The lowest BCUT2D eigenvalue weighted by Crippen LogP contribution is -2.54. The number of hydrogen-bond acceptors (Lipinski definition) is 4. The molecule has 1 aliphatic heterocycles. The molecule has 158 valence electrons. The first-order chi connectivity index (χ1) is 13.6. The van der Waals surface area contributed by atoms with E-state index < -0.39 is 20.2 Å². The predicted molar refractivity (Wildman–Crippen MR) is 116 cm³/mol. The molecule has 0 radical (unpaired) electrons. The van der Waals surface area contributed by atoms with Crippen molar-refractivity contribution in [2.75, 3.05) is 13.2 Å². The van der Waals surface area contributed by atoms with Crippen LogP contribution in [0.2, 0.25) is 18.1 Å². The van der Waals surface area contributed by atoms with E-state index in [1.807, 2.05) is 18.2 Å². The molecule has 5 unspecified atom stereocenters. The third-order valence-corrected chi connectivity index (χ3v) is 11.9. The molecule has 0 amide bonds. The fraction of sp³-hybridized carbons (Fsp3) is 0.667. The van der Waals surface area contributed by atoms with Crippen LogP contribution in [0.4, 0.5) is 0 Å². The van der Waals surface area contributed by atoms with Gasteiger partial charge in [0.2, 0.25) is 0 Å². The van der Waals surface area contributed by atoms with Crippen LogP contribution < -0.4 is 0 Å². The van der Waals surface area contributed by atoms with Gasteiger partial charge < -0.3 is 19.0 Å². The smallest absolute Gasteiger partial charge is 0.194 e. The monoisotopic (exact) mass is 414 g/mol. The van der Waals surface area contributed by atoms with Crippen LogP contribution in [-0.4, -0.2) is 38.5 Å². The summed E-state index contributed by atoms with van der Waals surface area (Å²) in [6, 6.07) is 10.2. The summed E-state index contributed by atoms with van der Waals surface area (Å²) < 4.78 is 18.4. The van der Waals surface area contributed by atoms with Gasteiger partial charge in [-0.15, -0.1) is 0 Å². The number of benzene rings is 1. The largest absolute Gasteiger partial charge is 0.399 e. The highest BCUT2D eigenvalue weighted by Gasteiger charge is 2.64. The molecule has 3 aliphatic rings. The summed E-state index contributed by atoms with van der Waals surface area (Å²) in [5.74, 6) is 6.81. The van der Waals surface area contributed by atoms with E-state index in [1.165, 1.54) is 0 Å². The molecular weight excluding hydrogens is 380 g/mol. The molecule has 5 heteroatoms. The second kappa shape index (κ2) is 7.51. The van der Waals surface area contributed by atoms with Gasteiger partial charge in [0, 0.05) is 18.3 Å². The minimum absolute atomic E-state index is 0.0496. The van der Waals surface area contributed by atoms with Crippen molar-refractivity contribution in [1.29, 1.82) is 0 Å². The summed E-state index contributed by atoms with van der Waals surface area (Å²) in [6.45, 7) is 12.6. The zero-order valence-corrected chi connectivity index (χ0v) is 19.3. The molecule has 5 atom stereocenters. The van der Waals surface area contributed by atoms with Crippen LogP contribution >= 0.6 is 0 Å². The van der Waals surface area contributed by atoms with Crippen LogP contribution in [0, 0.1) is 29.6 Å². The zero-order chi connectivity index (χ0) is 20.9. The van der Waals surface area contributed by atoms with Gasteiger partial charge in [0.1, 0.15) is 6.10 Å². The average Bonchev–Trinajstić information content (AvgIpc) is 3.24. The molecule has 29 heavy (non-hydrogen) atoms. The Morgan fingerprint density at radius 3 is 2.45 bits per heavy atom. The van der Waals surface area contributed by atoms with E-state index in [-0.39, 0.29) is 28.9 Å². The van der Waals surface area contributed by atoms with Crippen LogP contribution in [0.15, 0.2) is 30.3 Å². The molecule has 0 aromatic heterocycles. The lowest BCUT2D eigenvalue weighted by molar-refractivity contribution is -0.275. The molecule has 4 rings (SSSR count). The number of rotatable bonds is 3. The van der Waals surface area contributed by atoms with Gasteiger partial charge in [-0.25, -0.2) is 0 Å². The summed E-state index contributed by atoms with van der Waals surface area (Å²) in [4.78, 5) is 0. The van der Waals surface area contributed by atoms with E-state index in [2.05, 4.69) is 57.8 Å². The lowest BCUT2D eigenvalue weighted by atomic mass is 9.69. The Bertz CT molecular complexity index is 783. The number of aliphatic hydroxyl groups is 1. The Kier molecular flexibility index (Phi) is 5.46. The molecule has 1 spiro atoms. The van der Waals surface area contributed by atoms with Crippen molar-refractivity contribution in [3.63, 3.8) is 0 Å². The summed E-state index contributed by atoms with van der Waals surface area (Å²) in [7, 11) is -1.99. The summed E-state index contributed by atoms with van der Waals surface area (Å²) in [6.07, 6.45) is 0.950. The molecule has 2 saturated carbocycles. The van der Waals surface area contributed by atoms with Crippen LogP contribution in [-0.2, 0) is 13.9 Å². The molecule has 1 N–H and O–H groups in total. The third-order valence-electron chi connectivity index (χ3n) is 7.46. The number of ether oxygens (including phenoxy) is 2. The molecule has 0 bridgehead atoms. The average molecular weight is 415 g/mol. The number of fused-ring (bicyclic) bond motifs is 2. The molecule has 1 aromatic carbocycles. The van der Waals surface area contributed by atoms with Crippen molar-refractivity contribution in [1.82, 2.24) is 0 Å². The Hall–Kier alpha value is -1.16. The lowest BCUT2D eigenvalue weighted by Gasteiger charge is -2.48. The van der Waals surface area contributed by atoms with E-state index in [0.29, 0.717) is 13.2 Å². The zero-order valence-electron chi connectivity index (χ0n) is 18.3. The maximum absolute atomic E-state index is 10.8.